The Hall–Kier alpha value is -1.39. The Bertz CT molecular complexity index is 385. The number of hydrogen-bond donors (Lipinski definition) is 2. The van der Waals surface area contributed by atoms with Gasteiger partial charge in [0.1, 0.15) is 0 Å². The molecule has 0 aliphatic rings. The number of ether oxygens (including phenoxy) is 1. The maximum absolute atomic E-state index is 11.4. The van der Waals surface area contributed by atoms with E-state index in [1.807, 2.05) is 0 Å². The number of amides is 1. The van der Waals surface area contributed by atoms with E-state index in [9.17, 15) is 4.79 Å². The normalized spacial score (nSPS) is 10.5. The monoisotopic (exact) mass is 264 g/mol. The molecule has 0 unspecified atom stereocenters. The first-order valence-corrected chi connectivity index (χ1v) is 6.65. The van der Waals surface area contributed by atoms with Crippen LogP contribution in [0.15, 0.2) is 18.2 Å². The lowest BCUT2D eigenvalue weighted by Crippen LogP contribution is -2.29. The Morgan fingerprint density at radius 3 is 2.47 bits per heavy atom. The number of nitrogens with one attached hydrogen (secondary N) is 2. The van der Waals surface area contributed by atoms with Crippen molar-refractivity contribution in [2.45, 2.75) is 26.8 Å². The quantitative estimate of drug-likeness (QED) is 0.700. The van der Waals surface area contributed by atoms with E-state index in [0.717, 1.165) is 6.54 Å². The van der Waals surface area contributed by atoms with Crippen molar-refractivity contribution in [3.8, 4) is 0 Å². The molecule has 0 spiro atoms. The first-order chi connectivity index (χ1) is 9.11. The van der Waals surface area contributed by atoms with Crippen molar-refractivity contribution < 1.29 is 9.53 Å². The summed E-state index contributed by atoms with van der Waals surface area (Å²) in [5.74, 6) is 0.0602. The molecular formula is C15H24N2O2. The fraction of sp³-hybridized carbons (Fsp3) is 0.533. The van der Waals surface area contributed by atoms with Gasteiger partial charge in [-0.25, -0.2) is 0 Å². The summed E-state index contributed by atoms with van der Waals surface area (Å²) >= 11 is 0. The van der Waals surface area contributed by atoms with Gasteiger partial charge in [-0.15, -0.1) is 0 Å². The minimum absolute atomic E-state index is 0.0602. The zero-order chi connectivity index (χ0) is 14.1. The predicted molar refractivity (Wildman–Crippen MR) is 77.1 cm³/mol. The van der Waals surface area contributed by atoms with Crippen LogP contribution in [0.25, 0.3) is 0 Å². The second kappa shape index (κ2) is 8.67. The molecule has 106 valence electrons. The molecule has 0 radical (unpaired) electrons. The predicted octanol–water partition coefficient (Wildman–Crippen LogP) is 1.55. The van der Waals surface area contributed by atoms with E-state index in [4.69, 9.17) is 4.74 Å². The summed E-state index contributed by atoms with van der Waals surface area (Å²) < 4.78 is 4.87. The largest absolute Gasteiger partial charge is 0.383 e. The van der Waals surface area contributed by atoms with Crippen LogP contribution in [0.5, 0.6) is 0 Å². The lowest BCUT2D eigenvalue weighted by molar-refractivity contribution is -0.121. The molecule has 0 saturated heterocycles. The topological polar surface area (TPSA) is 50.4 Å². The molecule has 4 heteroatoms. The summed E-state index contributed by atoms with van der Waals surface area (Å²) in [4.78, 5) is 11.4. The van der Waals surface area contributed by atoms with Crippen LogP contribution in [-0.2, 0) is 16.1 Å². The highest BCUT2D eigenvalue weighted by Gasteiger charge is 2.00. The number of hydrogen-bond acceptors (Lipinski definition) is 3. The lowest BCUT2D eigenvalue weighted by atomic mass is 10.1. The summed E-state index contributed by atoms with van der Waals surface area (Å²) in [6.07, 6.45) is 0.495. The maximum Gasteiger partial charge on any atom is 0.221 e. The molecule has 1 amide bonds. The second-order valence-corrected chi connectivity index (χ2v) is 4.77. The smallest absolute Gasteiger partial charge is 0.221 e. The molecule has 1 rings (SSSR count). The first-order valence-electron chi connectivity index (χ1n) is 6.65. The molecule has 0 heterocycles. The van der Waals surface area contributed by atoms with Gasteiger partial charge in [-0.1, -0.05) is 29.3 Å². The highest BCUT2D eigenvalue weighted by molar-refractivity contribution is 5.76. The molecule has 1 aromatic rings. The Morgan fingerprint density at radius 2 is 1.84 bits per heavy atom. The molecule has 4 nitrogen and oxygen atoms in total. The molecule has 19 heavy (non-hydrogen) atoms. The van der Waals surface area contributed by atoms with Crippen molar-refractivity contribution in [3.63, 3.8) is 0 Å². The molecule has 0 aliphatic carbocycles. The van der Waals surface area contributed by atoms with Gasteiger partial charge >= 0.3 is 0 Å². The Morgan fingerprint density at radius 1 is 1.16 bits per heavy atom. The fourth-order valence-corrected chi connectivity index (χ4v) is 1.99. The van der Waals surface area contributed by atoms with Crippen molar-refractivity contribution in [1.82, 2.24) is 10.6 Å². The summed E-state index contributed by atoms with van der Waals surface area (Å²) in [7, 11) is 1.62. The lowest BCUT2D eigenvalue weighted by Gasteiger charge is -2.08. The zero-order valence-electron chi connectivity index (χ0n) is 12.1. The van der Waals surface area contributed by atoms with Crippen molar-refractivity contribution in [2.75, 3.05) is 26.8 Å². The minimum Gasteiger partial charge on any atom is -0.383 e. The van der Waals surface area contributed by atoms with Crippen molar-refractivity contribution in [1.29, 1.82) is 0 Å². The van der Waals surface area contributed by atoms with Gasteiger partial charge in [0.2, 0.25) is 5.91 Å². The Kier molecular flexibility index (Phi) is 7.15. The molecule has 0 fully saturated rings. The molecule has 0 atom stereocenters. The maximum atomic E-state index is 11.4. The van der Waals surface area contributed by atoms with Gasteiger partial charge in [0, 0.05) is 33.2 Å². The second-order valence-electron chi connectivity index (χ2n) is 4.77. The average molecular weight is 264 g/mol. The number of rotatable bonds is 8. The summed E-state index contributed by atoms with van der Waals surface area (Å²) in [5, 5.41) is 6.08. The average Bonchev–Trinajstić information content (AvgIpc) is 2.34. The molecule has 0 aromatic heterocycles. The van der Waals surface area contributed by atoms with Gasteiger partial charge in [0.15, 0.2) is 0 Å². The molecule has 2 N–H and O–H groups in total. The standard InChI is InChI=1S/C15H24N2O2/c1-12-8-13(2)10-14(9-12)11-16-5-4-15(18)17-6-7-19-3/h8-10,16H,4-7,11H2,1-3H3,(H,17,18). The Labute approximate surface area is 115 Å². The fourth-order valence-electron chi connectivity index (χ4n) is 1.99. The summed E-state index contributed by atoms with van der Waals surface area (Å²) in [6, 6.07) is 6.49. The van der Waals surface area contributed by atoms with Gasteiger partial charge in [-0.05, 0) is 19.4 Å². The van der Waals surface area contributed by atoms with E-state index in [-0.39, 0.29) is 5.91 Å². The van der Waals surface area contributed by atoms with Gasteiger partial charge in [-0.3, -0.25) is 4.79 Å². The van der Waals surface area contributed by atoms with E-state index in [2.05, 4.69) is 42.7 Å². The van der Waals surface area contributed by atoms with E-state index in [1.165, 1.54) is 16.7 Å². The SMILES string of the molecule is COCCNC(=O)CCNCc1cc(C)cc(C)c1. The van der Waals surface area contributed by atoms with Gasteiger partial charge in [0.25, 0.3) is 0 Å². The molecular weight excluding hydrogens is 240 g/mol. The van der Waals surface area contributed by atoms with Gasteiger partial charge in [-0.2, -0.15) is 0 Å². The van der Waals surface area contributed by atoms with Crippen LogP contribution in [-0.4, -0.2) is 32.7 Å². The van der Waals surface area contributed by atoms with Crippen LogP contribution in [0, 0.1) is 13.8 Å². The third-order valence-corrected chi connectivity index (χ3v) is 2.77. The van der Waals surface area contributed by atoms with Crippen LogP contribution in [0.1, 0.15) is 23.1 Å². The van der Waals surface area contributed by atoms with E-state index >= 15 is 0 Å². The van der Waals surface area contributed by atoms with Crippen molar-refractivity contribution in [3.05, 3.63) is 34.9 Å². The van der Waals surface area contributed by atoms with Crippen LogP contribution in [0.3, 0.4) is 0 Å². The van der Waals surface area contributed by atoms with Crippen LogP contribution >= 0.6 is 0 Å². The van der Waals surface area contributed by atoms with Crippen LogP contribution in [0.4, 0.5) is 0 Å². The van der Waals surface area contributed by atoms with E-state index < -0.39 is 0 Å². The highest BCUT2D eigenvalue weighted by Crippen LogP contribution is 2.08. The van der Waals surface area contributed by atoms with Crippen LogP contribution in [0.2, 0.25) is 0 Å². The zero-order valence-corrected chi connectivity index (χ0v) is 12.1. The minimum atomic E-state index is 0.0602. The Balaban J connectivity index is 2.18. The number of methoxy groups -OCH3 is 1. The summed E-state index contributed by atoms with van der Waals surface area (Å²) in [6.45, 7) is 6.81. The molecule has 0 saturated carbocycles. The van der Waals surface area contributed by atoms with Crippen molar-refractivity contribution in [2.24, 2.45) is 0 Å². The molecule has 1 aromatic carbocycles. The first kappa shape index (κ1) is 15.7. The van der Waals surface area contributed by atoms with Crippen molar-refractivity contribution >= 4 is 5.91 Å². The highest BCUT2D eigenvalue weighted by atomic mass is 16.5. The number of carbonyl (C=O) groups excluding carboxylic acids is 1. The third kappa shape index (κ3) is 6.94. The summed E-state index contributed by atoms with van der Waals surface area (Å²) in [5.41, 5.74) is 3.81. The third-order valence-electron chi connectivity index (χ3n) is 2.77. The number of benzene rings is 1. The van der Waals surface area contributed by atoms with E-state index in [0.29, 0.717) is 26.1 Å². The molecule has 0 bridgehead atoms. The van der Waals surface area contributed by atoms with E-state index in [1.54, 1.807) is 7.11 Å². The van der Waals surface area contributed by atoms with Gasteiger partial charge in [0.05, 0.1) is 6.61 Å². The van der Waals surface area contributed by atoms with Crippen LogP contribution < -0.4 is 10.6 Å². The van der Waals surface area contributed by atoms with Gasteiger partial charge < -0.3 is 15.4 Å². The molecule has 0 aliphatic heterocycles. The number of carbonyl (C=O) groups is 1. The number of aryl methyl sites for hydroxylation is 2.